The summed E-state index contributed by atoms with van der Waals surface area (Å²) in [6, 6.07) is 11.7. The van der Waals surface area contributed by atoms with E-state index in [1.54, 1.807) is 43.3 Å². The second-order valence-corrected chi connectivity index (χ2v) is 10.1. The van der Waals surface area contributed by atoms with Gasteiger partial charge in [0, 0.05) is 35.9 Å². The zero-order valence-electron chi connectivity index (χ0n) is 17.6. The number of rotatable bonds is 6. The number of nitrogens with one attached hydrogen (secondary N) is 2. The van der Waals surface area contributed by atoms with Gasteiger partial charge in [-0.1, -0.05) is 18.6 Å². The number of carbonyl (C=O) groups is 2. The van der Waals surface area contributed by atoms with E-state index in [1.807, 2.05) is 0 Å². The molecule has 1 saturated heterocycles. The first kappa shape index (κ1) is 21.5. The van der Waals surface area contributed by atoms with Gasteiger partial charge in [0.25, 0.3) is 5.91 Å². The second kappa shape index (κ2) is 8.80. The van der Waals surface area contributed by atoms with Crippen molar-refractivity contribution in [1.82, 2.24) is 4.31 Å². The van der Waals surface area contributed by atoms with Crippen LogP contribution >= 0.6 is 0 Å². The summed E-state index contributed by atoms with van der Waals surface area (Å²) in [6.07, 6.45) is 4.57. The lowest BCUT2D eigenvalue weighted by Crippen LogP contribution is -2.36. The largest absolute Gasteiger partial charge is 0.326 e. The molecule has 7 nitrogen and oxygen atoms in total. The molecule has 2 aromatic rings. The molecule has 0 spiro atoms. The van der Waals surface area contributed by atoms with Crippen LogP contribution in [0.1, 0.15) is 48.0 Å². The van der Waals surface area contributed by atoms with Crippen molar-refractivity contribution in [2.24, 2.45) is 5.92 Å². The van der Waals surface area contributed by atoms with Gasteiger partial charge in [-0.3, -0.25) is 9.59 Å². The molecule has 1 saturated carbocycles. The minimum Gasteiger partial charge on any atom is -0.326 e. The minimum absolute atomic E-state index is 0.00503. The second-order valence-electron chi connectivity index (χ2n) is 8.24. The Morgan fingerprint density at radius 1 is 0.935 bits per heavy atom. The molecule has 1 aliphatic heterocycles. The summed E-state index contributed by atoms with van der Waals surface area (Å²) in [6.45, 7) is 2.76. The van der Waals surface area contributed by atoms with Gasteiger partial charge in [0.1, 0.15) is 0 Å². The number of nitrogens with zero attached hydrogens (tertiary/aromatic N) is 1. The predicted octanol–water partition coefficient (Wildman–Crippen LogP) is 3.77. The maximum absolute atomic E-state index is 13.1. The molecule has 1 aliphatic carbocycles. The molecule has 0 bridgehead atoms. The molecular weight excluding hydrogens is 414 g/mol. The Bertz CT molecular complexity index is 1100. The molecule has 2 amide bonds. The number of carbonyl (C=O) groups excluding carboxylic acids is 2. The van der Waals surface area contributed by atoms with Crippen LogP contribution in [0.5, 0.6) is 0 Å². The Morgan fingerprint density at radius 3 is 2.29 bits per heavy atom. The first-order chi connectivity index (χ1) is 14.8. The Kier molecular flexibility index (Phi) is 6.11. The molecule has 164 valence electrons. The lowest BCUT2D eigenvalue weighted by Gasteiger charge is -2.26. The standard InChI is InChI=1S/C23H27N3O4S/c1-16-8-9-18(14-21(16)31(29,30)26-12-3-2-4-13-26)23(28)25-20-7-5-6-19(15-20)24-22(27)17-10-11-17/h5-9,14-15,17H,2-4,10-13H2,1H3,(H,24,27)(H,25,28). The number of benzene rings is 2. The predicted molar refractivity (Wildman–Crippen MR) is 120 cm³/mol. The average molecular weight is 442 g/mol. The van der Waals surface area contributed by atoms with E-state index in [0.29, 0.717) is 30.0 Å². The van der Waals surface area contributed by atoms with Crippen molar-refractivity contribution in [3.8, 4) is 0 Å². The number of hydrogen-bond donors (Lipinski definition) is 2. The Balaban J connectivity index is 1.51. The van der Waals surface area contributed by atoms with E-state index >= 15 is 0 Å². The van der Waals surface area contributed by atoms with Crippen molar-refractivity contribution in [3.63, 3.8) is 0 Å². The quantitative estimate of drug-likeness (QED) is 0.713. The normalized spacial score (nSPS) is 17.2. The summed E-state index contributed by atoms with van der Waals surface area (Å²) in [5, 5.41) is 5.65. The minimum atomic E-state index is -3.64. The van der Waals surface area contributed by atoms with E-state index < -0.39 is 15.9 Å². The van der Waals surface area contributed by atoms with Crippen LogP contribution in [-0.2, 0) is 14.8 Å². The summed E-state index contributed by atoms with van der Waals surface area (Å²) >= 11 is 0. The fourth-order valence-electron chi connectivity index (χ4n) is 3.73. The Morgan fingerprint density at radius 2 is 1.61 bits per heavy atom. The number of aryl methyl sites for hydroxylation is 1. The van der Waals surface area contributed by atoms with Crippen LogP contribution in [0.2, 0.25) is 0 Å². The van der Waals surface area contributed by atoms with Crippen molar-refractivity contribution in [3.05, 3.63) is 53.6 Å². The SMILES string of the molecule is Cc1ccc(C(=O)Nc2cccc(NC(=O)C3CC3)c2)cc1S(=O)(=O)N1CCCCC1. The monoisotopic (exact) mass is 441 g/mol. The van der Waals surface area contributed by atoms with Gasteiger partial charge in [-0.05, 0) is 68.5 Å². The van der Waals surface area contributed by atoms with E-state index in [1.165, 1.54) is 10.4 Å². The molecule has 0 unspecified atom stereocenters. The lowest BCUT2D eigenvalue weighted by atomic mass is 10.1. The van der Waals surface area contributed by atoms with Crippen LogP contribution in [0.4, 0.5) is 11.4 Å². The first-order valence-electron chi connectivity index (χ1n) is 10.7. The van der Waals surface area contributed by atoms with Gasteiger partial charge < -0.3 is 10.6 Å². The van der Waals surface area contributed by atoms with Crippen LogP contribution in [0, 0.1) is 12.8 Å². The van der Waals surface area contributed by atoms with E-state index in [9.17, 15) is 18.0 Å². The van der Waals surface area contributed by atoms with Crippen molar-refractivity contribution in [2.75, 3.05) is 23.7 Å². The molecule has 1 heterocycles. The molecule has 2 fully saturated rings. The highest BCUT2D eigenvalue weighted by Crippen LogP contribution is 2.30. The third-order valence-electron chi connectivity index (χ3n) is 5.72. The van der Waals surface area contributed by atoms with Crippen LogP contribution in [-0.4, -0.2) is 37.6 Å². The number of amides is 2. The summed E-state index contributed by atoms with van der Waals surface area (Å²) in [4.78, 5) is 25.0. The maximum atomic E-state index is 13.1. The average Bonchev–Trinajstić information content (AvgIpc) is 3.60. The van der Waals surface area contributed by atoms with Crippen molar-refractivity contribution in [1.29, 1.82) is 0 Å². The number of piperidine rings is 1. The van der Waals surface area contributed by atoms with E-state index in [2.05, 4.69) is 10.6 Å². The Labute approximate surface area is 182 Å². The molecule has 0 radical (unpaired) electrons. The van der Waals surface area contributed by atoms with Crippen molar-refractivity contribution in [2.45, 2.75) is 43.9 Å². The summed E-state index contributed by atoms with van der Waals surface area (Å²) in [5.74, 6) is -0.318. The van der Waals surface area contributed by atoms with E-state index in [4.69, 9.17) is 0 Å². The van der Waals surface area contributed by atoms with Crippen LogP contribution in [0.15, 0.2) is 47.4 Å². The van der Waals surface area contributed by atoms with Crippen molar-refractivity contribution >= 4 is 33.2 Å². The zero-order valence-corrected chi connectivity index (χ0v) is 18.4. The van der Waals surface area contributed by atoms with Gasteiger partial charge in [0.05, 0.1) is 4.90 Å². The highest BCUT2D eigenvalue weighted by molar-refractivity contribution is 7.89. The van der Waals surface area contributed by atoms with Crippen molar-refractivity contribution < 1.29 is 18.0 Å². The van der Waals surface area contributed by atoms with Gasteiger partial charge in [0.2, 0.25) is 15.9 Å². The van der Waals surface area contributed by atoms with Gasteiger partial charge >= 0.3 is 0 Å². The lowest BCUT2D eigenvalue weighted by molar-refractivity contribution is -0.117. The summed E-state index contributed by atoms with van der Waals surface area (Å²) in [5.41, 5.74) is 2.03. The zero-order chi connectivity index (χ0) is 22.0. The highest BCUT2D eigenvalue weighted by atomic mass is 32.2. The van der Waals surface area contributed by atoms with Crippen LogP contribution in [0.25, 0.3) is 0 Å². The smallest absolute Gasteiger partial charge is 0.255 e. The molecule has 2 N–H and O–H groups in total. The molecule has 0 atom stereocenters. The third kappa shape index (κ3) is 4.97. The number of hydrogen-bond acceptors (Lipinski definition) is 4. The molecule has 8 heteroatoms. The molecule has 31 heavy (non-hydrogen) atoms. The topological polar surface area (TPSA) is 95.6 Å². The van der Waals surface area contributed by atoms with E-state index in [-0.39, 0.29) is 22.3 Å². The fourth-order valence-corrected chi connectivity index (χ4v) is 5.50. The highest BCUT2D eigenvalue weighted by Gasteiger charge is 2.30. The Hall–Kier alpha value is -2.71. The molecule has 2 aromatic carbocycles. The van der Waals surface area contributed by atoms with Gasteiger partial charge in [-0.15, -0.1) is 0 Å². The van der Waals surface area contributed by atoms with E-state index in [0.717, 1.165) is 32.1 Å². The number of sulfonamides is 1. The fraction of sp³-hybridized carbons (Fsp3) is 0.391. The van der Waals surface area contributed by atoms with Crippen LogP contribution in [0.3, 0.4) is 0 Å². The summed E-state index contributed by atoms with van der Waals surface area (Å²) in [7, 11) is -3.64. The molecular formula is C23H27N3O4S. The van der Waals surface area contributed by atoms with Gasteiger partial charge in [-0.25, -0.2) is 8.42 Å². The van der Waals surface area contributed by atoms with Gasteiger partial charge in [0.15, 0.2) is 0 Å². The molecule has 0 aromatic heterocycles. The van der Waals surface area contributed by atoms with Gasteiger partial charge in [-0.2, -0.15) is 4.31 Å². The molecule has 2 aliphatic rings. The first-order valence-corrected chi connectivity index (χ1v) is 12.1. The summed E-state index contributed by atoms with van der Waals surface area (Å²) < 4.78 is 27.7. The van der Waals surface area contributed by atoms with Crippen LogP contribution < -0.4 is 10.6 Å². The third-order valence-corrected chi connectivity index (χ3v) is 7.76. The maximum Gasteiger partial charge on any atom is 0.255 e. The molecule has 4 rings (SSSR count). The number of anilines is 2.